The van der Waals surface area contributed by atoms with Crippen LogP contribution in [0.4, 0.5) is 0 Å². The molecule has 0 aromatic carbocycles. The van der Waals surface area contributed by atoms with Gasteiger partial charge in [-0.15, -0.1) is 0 Å². The summed E-state index contributed by atoms with van der Waals surface area (Å²) in [6.07, 6.45) is 15.5. The van der Waals surface area contributed by atoms with Gasteiger partial charge in [-0.2, -0.15) is 0 Å². The molecule has 0 aliphatic heterocycles. The Bertz CT molecular complexity index is 221. The molecule has 16 heavy (non-hydrogen) atoms. The lowest BCUT2D eigenvalue weighted by Crippen LogP contribution is -2.13. The smallest absolute Gasteiger partial charge is 0.303 e. The average Bonchev–Trinajstić information content (AvgIpc) is 2.21. The largest absolute Gasteiger partial charge is 0.458 e. The molecule has 0 aromatic rings. The monoisotopic (exact) mass is 224 g/mol. The van der Waals surface area contributed by atoms with Crippen molar-refractivity contribution in [2.24, 2.45) is 0 Å². The molecule has 1 atom stereocenters. The van der Waals surface area contributed by atoms with Gasteiger partial charge in [0.05, 0.1) is 0 Å². The SMILES string of the molecule is CC(=O)OC1C=CCCCCCCCCC1. The molecule has 0 heterocycles. The van der Waals surface area contributed by atoms with Gasteiger partial charge < -0.3 is 4.74 Å². The standard InChI is InChI=1S/C14H24O2/c1-13(15)16-14-11-9-7-5-3-2-4-6-8-10-12-14/h9,11,14H,2-8,10,12H2,1H3. The molecule has 1 aliphatic carbocycles. The lowest BCUT2D eigenvalue weighted by Gasteiger charge is -2.13. The van der Waals surface area contributed by atoms with Gasteiger partial charge in [0, 0.05) is 6.92 Å². The fourth-order valence-corrected chi connectivity index (χ4v) is 2.15. The molecule has 1 aliphatic rings. The van der Waals surface area contributed by atoms with E-state index in [1.165, 1.54) is 51.9 Å². The fourth-order valence-electron chi connectivity index (χ4n) is 2.15. The normalized spacial score (nSPS) is 24.2. The van der Waals surface area contributed by atoms with Gasteiger partial charge in [0.2, 0.25) is 0 Å². The summed E-state index contributed by atoms with van der Waals surface area (Å²) >= 11 is 0. The molecular weight excluding hydrogens is 200 g/mol. The number of carbonyl (C=O) groups excluding carboxylic acids is 1. The Hall–Kier alpha value is -0.790. The highest BCUT2D eigenvalue weighted by Gasteiger charge is 2.07. The zero-order chi connectivity index (χ0) is 11.6. The van der Waals surface area contributed by atoms with Crippen molar-refractivity contribution in [2.75, 3.05) is 0 Å². The lowest BCUT2D eigenvalue weighted by molar-refractivity contribution is -0.144. The van der Waals surface area contributed by atoms with E-state index in [-0.39, 0.29) is 12.1 Å². The van der Waals surface area contributed by atoms with Gasteiger partial charge in [-0.3, -0.25) is 4.79 Å². The van der Waals surface area contributed by atoms with E-state index in [1.54, 1.807) is 0 Å². The summed E-state index contributed by atoms with van der Waals surface area (Å²) in [6, 6.07) is 0. The van der Waals surface area contributed by atoms with Gasteiger partial charge in [0.25, 0.3) is 0 Å². The van der Waals surface area contributed by atoms with Crippen LogP contribution in [0.15, 0.2) is 12.2 Å². The van der Waals surface area contributed by atoms with Crippen molar-refractivity contribution in [1.29, 1.82) is 0 Å². The Labute approximate surface area is 99.1 Å². The van der Waals surface area contributed by atoms with E-state index in [2.05, 4.69) is 12.2 Å². The minimum Gasteiger partial charge on any atom is -0.458 e. The summed E-state index contributed by atoms with van der Waals surface area (Å²) in [5.74, 6) is -0.165. The summed E-state index contributed by atoms with van der Waals surface area (Å²) in [5, 5.41) is 0. The Morgan fingerprint density at radius 2 is 1.69 bits per heavy atom. The molecule has 2 heteroatoms. The Morgan fingerprint density at radius 1 is 1.06 bits per heavy atom. The maximum atomic E-state index is 10.9. The number of allylic oxidation sites excluding steroid dienone is 1. The fraction of sp³-hybridized carbons (Fsp3) is 0.786. The third-order valence-electron chi connectivity index (χ3n) is 3.03. The van der Waals surface area contributed by atoms with Gasteiger partial charge in [-0.05, 0) is 31.8 Å². The third kappa shape index (κ3) is 6.65. The van der Waals surface area contributed by atoms with Crippen LogP contribution in [-0.4, -0.2) is 12.1 Å². The van der Waals surface area contributed by atoms with Crippen LogP contribution in [0, 0.1) is 0 Å². The highest BCUT2D eigenvalue weighted by Crippen LogP contribution is 2.15. The highest BCUT2D eigenvalue weighted by atomic mass is 16.5. The van der Waals surface area contributed by atoms with Gasteiger partial charge in [0.1, 0.15) is 6.10 Å². The van der Waals surface area contributed by atoms with Crippen LogP contribution in [0.5, 0.6) is 0 Å². The van der Waals surface area contributed by atoms with Crippen molar-refractivity contribution in [1.82, 2.24) is 0 Å². The van der Waals surface area contributed by atoms with E-state index in [0.717, 1.165) is 12.8 Å². The molecule has 0 spiro atoms. The zero-order valence-corrected chi connectivity index (χ0v) is 10.4. The molecule has 1 unspecified atom stereocenters. The minimum atomic E-state index is -0.165. The summed E-state index contributed by atoms with van der Waals surface area (Å²) in [7, 11) is 0. The Kier molecular flexibility index (Phi) is 6.95. The van der Waals surface area contributed by atoms with Crippen LogP contribution < -0.4 is 0 Å². The molecule has 0 radical (unpaired) electrons. The van der Waals surface area contributed by atoms with Crippen LogP contribution in [0.2, 0.25) is 0 Å². The van der Waals surface area contributed by atoms with Crippen LogP contribution in [0.1, 0.15) is 64.7 Å². The second-order valence-electron chi connectivity index (χ2n) is 4.63. The van der Waals surface area contributed by atoms with Gasteiger partial charge >= 0.3 is 5.97 Å². The molecule has 92 valence electrons. The van der Waals surface area contributed by atoms with Gasteiger partial charge in [0.15, 0.2) is 0 Å². The van der Waals surface area contributed by atoms with Crippen LogP contribution in [0.3, 0.4) is 0 Å². The van der Waals surface area contributed by atoms with E-state index in [1.807, 2.05) is 0 Å². The molecule has 0 bridgehead atoms. The first kappa shape index (κ1) is 13.3. The molecule has 0 saturated heterocycles. The number of hydrogen-bond acceptors (Lipinski definition) is 2. The number of carbonyl (C=O) groups is 1. The van der Waals surface area contributed by atoms with Crippen molar-refractivity contribution in [3.8, 4) is 0 Å². The third-order valence-corrected chi connectivity index (χ3v) is 3.03. The molecule has 0 saturated carbocycles. The first-order valence-electron chi connectivity index (χ1n) is 6.63. The molecule has 0 N–H and O–H groups in total. The minimum absolute atomic E-state index is 0.0110. The van der Waals surface area contributed by atoms with E-state index in [9.17, 15) is 4.79 Å². The molecule has 0 aromatic heterocycles. The molecule has 0 fully saturated rings. The van der Waals surface area contributed by atoms with E-state index < -0.39 is 0 Å². The highest BCUT2D eigenvalue weighted by molar-refractivity contribution is 5.66. The molecule has 2 nitrogen and oxygen atoms in total. The maximum absolute atomic E-state index is 10.9. The first-order chi connectivity index (χ1) is 7.79. The summed E-state index contributed by atoms with van der Waals surface area (Å²) in [4.78, 5) is 10.9. The number of esters is 1. The second kappa shape index (κ2) is 8.37. The van der Waals surface area contributed by atoms with E-state index in [4.69, 9.17) is 4.74 Å². The van der Waals surface area contributed by atoms with Crippen molar-refractivity contribution in [3.63, 3.8) is 0 Å². The van der Waals surface area contributed by atoms with Crippen LogP contribution in [0.25, 0.3) is 0 Å². The predicted molar refractivity (Wildman–Crippen MR) is 66.2 cm³/mol. The first-order valence-corrected chi connectivity index (χ1v) is 6.63. The van der Waals surface area contributed by atoms with Crippen molar-refractivity contribution in [3.05, 3.63) is 12.2 Å². The predicted octanol–water partition coefficient (Wildman–Crippen LogP) is 4.00. The van der Waals surface area contributed by atoms with Crippen molar-refractivity contribution < 1.29 is 9.53 Å². The molecular formula is C14H24O2. The molecule has 1 rings (SSSR count). The van der Waals surface area contributed by atoms with Crippen molar-refractivity contribution >= 4 is 5.97 Å². The number of rotatable bonds is 1. The van der Waals surface area contributed by atoms with E-state index in [0.29, 0.717) is 0 Å². The van der Waals surface area contributed by atoms with Gasteiger partial charge in [-0.25, -0.2) is 0 Å². The topological polar surface area (TPSA) is 26.3 Å². The lowest BCUT2D eigenvalue weighted by atomic mass is 10.0. The number of ether oxygens (including phenoxy) is 1. The van der Waals surface area contributed by atoms with E-state index >= 15 is 0 Å². The summed E-state index contributed by atoms with van der Waals surface area (Å²) in [5.41, 5.74) is 0. The molecule has 0 amide bonds. The Morgan fingerprint density at radius 3 is 2.38 bits per heavy atom. The maximum Gasteiger partial charge on any atom is 0.303 e. The second-order valence-corrected chi connectivity index (χ2v) is 4.63. The van der Waals surface area contributed by atoms with Crippen LogP contribution >= 0.6 is 0 Å². The summed E-state index contributed by atoms with van der Waals surface area (Å²) < 4.78 is 5.27. The average molecular weight is 224 g/mol. The van der Waals surface area contributed by atoms with Gasteiger partial charge in [-0.1, -0.05) is 38.2 Å². The zero-order valence-electron chi connectivity index (χ0n) is 10.4. The Balaban J connectivity index is 2.38. The number of hydrogen-bond donors (Lipinski definition) is 0. The quantitative estimate of drug-likeness (QED) is 0.497. The van der Waals surface area contributed by atoms with Crippen LogP contribution in [-0.2, 0) is 9.53 Å². The van der Waals surface area contributed by atoms with Crippen molar-refractivity contribution in [2.45, 2.75) is 70.8 Å². The summed E-state index contributed by atoms with van der Waals surface area (Å²) in [6.45, 7) is 1.49.